The van der Waals surface area contributed by atoms with Gasteiger partial charge in [-0.05, 0) is 56.8 Å². The zero-order valence-electron chi connectivity index (χ0n) is 24.9. The highest BCUT2D eigenvalue weighted by Crippen LogP contribution is 2.45. The van der Waals surface area contributed by atoms with E-state index >= 15 is 8.78 Å². The van der Waals surface area contributed by atoms with Crippen LogP contribution in [0.4, 0.5) is 27.8 Å². The number of benzene rings is 2. The van der Waals surface area contributed by atoms with Gasteiger partial charge in [0.15, 0.2) is 5.82 Å². The predicted octanol–water partition coefficient (Wildman–Crippen LogP) is 6.46. The van der Waals surface area contributed by atoms with E-state index in [1.54, 1.807) is 0 Å². The molecule has 6 heterocycles. The molecular weight excluding hydrogens is 629 g/mol. The lowest BCUT2D eigenvalue weighted by Crippen LogP contribution is -2.59. The SMILES string of the molecule is Cc1c(F)cc2[nH]ncc2c1-c1c(Cl)cc2c(N3C[C@@H]4CC[C@](C=C(F)F)(C3)N4)nc(OCC34CCCN3C[C@H](F)C4)nc2c1F. The number of piperazine rings is 1. The summed E-state index contributed by atoms with van der Waals surface area (Å²) in [4.78, 5) is 13.2. The first-order chi connectivity index (χ1) is 22.0. The zero-order chi connectivity index (χ0) is 32.0. The van der Waals surface area contributed by atoms with E-state index in [1.165, 1.54) is 25.3 Å². The molecule has 4 aromatic rings. The van der Waals surface area contributed by atoms with E-state index in [0.717, 1.165) is 25.5 Å². The minimum absolute atomic E-state index is 0.00247. The van der Waals surface area contributed by atoms with Crippen molar-refractivity contribution < 1.29 is 26.7 Å². The Morgan fingerprint density at radius 3 is 2.83 bits per heavy atom. The van der Waals surface area contributed by atoms with E-state index in [4.69, 9.17) is 21.3 Å². The van der Waals surface area contributed by atoms with Crippen molar-refractivity contribution in [3.05, 3.63) is 52.7 Å². The molecule has 4 fully saturated rings. The van der Waals surface area contributed by atoms with E-state index in [2.05, 4.69) is 25.4 Å². The summed E-state index contributed by atoms with van der Waals surface area (Å²) in [5, 5.41) is 10.8. The number of aromatic amines is 1. The summed E-state index contributed by atoms with van der Waals surface area (Å²) in [6.07, 6.45) is 2.83. The molecule has 2 bridgehead atoms. The second-order valence-electron chi connectivity index (χ2n) is 13.2. The van der Waals surface area contributed by atoms with Crippen LogP contribution in [0.2, 0.25) is 5.02 Å². The standard InChI is InChI=1S/C32H31ClF5N7O/c1-16-22(35)8-23-20(11-39-43-23)25(16)26-21(33)7-19-28(27(26)38)40-30(46-15-32-4-2-6-45(32)12-17(34)9-32)41-29(19)44-13-18-3-5-31(14-44,42-18)10-24(36)37/h7-8,10-11,17-18,42H,2-6,9,12-15H2,1H3,(H,39,43)/t17-,18+,31+,32?/m1/s1. The number of aromatic nitrogens is 4. The monoisotopic (exact) mass is 659 g/mol. The van der Waals surface area contributed by atoms with Crippen LogP contribution in [-0.4, -0.2) is 81.1 Å². The Morgan fingerprint density at radius 1 is 1.15 bits per heavy atom. The van der Waals surface area contributed by atoms with Gasteiger partial charge in [0.05, 0.1) is 27.8 Å². The van der Waals surface area contributed by atoms with Crippen LogP contribution in [0.5, 0.6) is 6.01 Å². The molecule has 14 heteroatoms. The molecule has 242 valence electrons. The largest absolute Gasteiger partial charge is 0.461 e. The Balaban J connectivity index is 1.29. The maximum atomic E-state index is 16.9. The molecule has 4 aliphatic heterocycles. The Bertz CT molecular complexity index is 1920. The second-order valence-corrected chi connectivity index (χ2v) is 13.6. The van der Waals surface area contributed by atoms with E-state index in [-0.39, 0.29) is 63.6 Å². The third kappa shape index (κ3) is 4.72. The van der Waals surface area contributed by atoms with E-state index < -0.39 is 35.0 Å². The molecule has 0 radical (unpaired) electrons. The summed E-state index contributed by atoms with van der Waals surface area (Å²) in [7, 11) is 0. The van der Waals surface area contributed by atoms with Crippen molar-refractivity contribution in [1.29, 1.82) is 0 Å². The van der Waals surface area contributed by atoms with Crippen LogP contribution >= 0.6 is 11.6 Å². The highest BCUT2D eigenvalue weighted by atomic mass is 35.5. The third-order valence-electron chi connectivity index (χ3n) is 10.3. The molecule has 2 N–H and O–H groups in total. The predicted molar refractivity (Wildman–Crippen MR) is 164 cm³/mol. The number of ether oxygens (including phenoxy) is 1. The Hall–Kier alpha value is -3.55. The number of rotatable bonds is 6. The van der Waals surface area contributed by atoms with E-state index in [1.807, 2.05) is 4.90 Å². The van der Waals surface area contributed by atoms with Crippen molar-refractivity contribution >= 4 is 39.2 Å². The van der Waals surface area contributed by atoms with Gasteiger partial charge in [-0.2, -0.15) is 23.8 Å². The second kappa shape index (κ2) is 10.7. The number of anilines is 1. The number of fused-ring (bicyclic) bond motifs is 5. The first kappa shape index (κ1) is 29.8. The molecule has 8 nitrogen and oxygen atoms in total. The maximum absolute atomic E-state index is 16.9. The molecule has 8 rings (SSSR count). The molecule has 2 aromatic carbocycles. The van der Waals surface area contributed by atoms with E-state index in [0.29, 0.717) is 43.3 Å². The lowest BCUT2D eigenvalue weighted by Gasteiger charge is -2.40. The summed E-state index contributed by atoms with van der Waals surface area (Å²) in [6.45, 7) is 3.33. The normalized spacial score (nSPS) is 27.6. The Kier molecular flexibility index (Phi) is 6.97. The Labute approximate surface area is 265 Å². The number of hydrogen-bond acceptors (Lipinski definition) is 7. The molecule has 0 saturated carbocycles. The van der Waals surface area contributed by atoms with Crippen LogP contribution in [0.25, 0.3) is 32.9 Å². The van der Waals surface area contributed by atoms with Crippen molar-refractivity contribution in [2.24, 2.45) is 0 Å². The van der Waals surface area contributed by atoms with Crippen molar-refractivity contribution in [3.63, 3.8) is 0 Å². The highest BCUT2D eigenvalue weighted by Gasteiger charge is 2.50. The number of nitrogens with one attached hydrogen (secondary N) is 2. The molecule has 1 unspecified atom stereocenters. The smallest absolute Gasteiger partial charge is 0.319 e. The van der Waals surface area contributed by atoms with Crippen LogP contribution < -0.4 is 15.0 Å². The van der Waals surface area contributed by atoms with E-state index in [9.17, 15) is 13.2 Å². The minimum Gasteiger partial charge on any atom is -0.461 e. The molecular formula is C32H31ClF5N7O. The summed E-state index contributed by atoms with van der Waals surface area (Å²) in [6, 6.07) is 2.61. The molecule has 0 spiro atoms. The van der Waals surface area contributed by atoms with Gasteiger partial charge in [0.25, 0.3) is 6.08 Å². The van der Waals surface area contributed by atoms with Gasteiger partial charge >= 0.3 is 6.01 Å². The van der Waals surface area contributed by atoms with Gasteiger partial charge in [0, 0.05) is 60.1 Å². The fraction of sp³-hybridized carbons (Fsp3) is 0.469. The van der Waals surface area contributed by atoms with Gasteiger partial charge in [0.1, 0.15) is 29.9 Å². The fourth-order valence-electron chi connectivity index (χ4n) is 8.27. The van der Waals surface area contributed by atoms with Gasteiger partial charge in [0.2, 0.25) is 0 Å². The fourth-order valence-corrected chi connectivity index (χ4v) is 8.56. The van der Waals surface area contributed by atoms with Crippen LogP contribution in [0, 0.1) is 18.6 Å². The number of hydrogen-bond donors (Lipinski definition) is 2. The average Bonchev–Trinajstić information content (AvgIpc) is 3.75. The van der Waals surface area contributed by atoms with Crippen LogP contribution in [0.1, 0.15) is 37.7 Å². The first-order valence-electron chi connectivity index (χ1n) is 15.5. The van der Waals surface area contributed by atoms with Crippen LogP contribution in [0.15, 0.2) is 30.5 Å². The lowest BCUT2D eigenvalue weighted by molar-refractivity contribution is 0.107. The molecule has 0 aliphatic carbocycles. The van der Waals surface area contributed by atoms with Gasteiger partial charge in [-0.25, -0.2) is 13.2 Å². The lowest BCUT2D eigenvalue weighted by atomic mass is 9.94. The van der Waals surface area contributed by atoms with Gasteiger partial charge < -0.3 is 15.0 Å². The van der Waals surface area contributed by atoms with Crippen molar-refractivity contribution in [1.82, 2.24) is 30.4 Å². The number of H-pyrrole nitrogens is 1. The van der Waals surface area contributed by atoms with Crippen molar-refractivity contribution in [3.8, 4) is 17.1 Å². The summed E-state index contributed by atoms with van der Waals surface area (Å²) >= 11 is 6.81. The molecule has 4 atom stereocenters. The Morgan fingerprint density at radius 2 is 2.00 bits per heavy atom. The summed E-state index contributed by atoms with van der Waals surface area (Å²) < 4.78 is 79.8. The molecule has 2 aromatic heterocycles. The third-order valence-corrected chi connectivity index (χ3v) is 10.6. The molecule has 4 aliphatic rings. The first-order valence-corrected chi connectivity index (χ1v) is 15.8. The summed E-state index contributed by atoms with van der Waals surface area (Å²) in [5.74, 6) is -1.08. The number of alkyl halides is 1. The summed E-state index contributed by atoms with van der Waals surface area (Å²) in [5.41, 5.74) is -0.862. The molecule has 46 heavy (non-hydrogen) atoms. The maximum Gasteiger partial charge on any atom is 0.319 e. The molecule has 4 saturated heterocycles. The number of nitrogens with zero attached hydrogens (tertiary/aromatic N) is 5. The topological polar surface area (TPSA) is 82.2 Å². The van der Waals surface area contributed by atoms with Gasteiger partial charge in [-0.3, -0.25) is 10.00 Å². The van der Waals surface area contributed by atoms with Gasteiger partial charge in [-0.1, -0.05) is 11.6 Å². The van der Waals surface area contributed by atoms with Crippen molar-refractivity contribution in [2.75, 3.05) is 37.7 Å². The quantitative estimate of drug-likeness (QED) is 0.230. The van der Waals surface area contributed by atoms with Crippen LogP contribution in [-0.2, 0) is 0 Å². The highest BCUT2D eigenvalue weighted by molar-refractivity contribution is 6.35. The van der Waals surface area contributed by atoms with Crippen LogP contribution in [0.3, 0.4) is 0 Å². The number of halogens is 6. The minimum atomic E-state index is -1.79. The zero-order valence-corrected chi connectivity index (χ0v) is 25.7. The molecule has 0 amide bonds. The average molecular weight is 660 g/mol. The van der Waals surface area contributed by atoms with Crippen molar-refractivity contribution in [2.45, 2.75) is 62.3 Å². The van der Waals surface area contributed by atoms with Gasteiger partial charge in [-0.15, -0.1) is 0 Å².